The lowest BCUT2D eigenvalue weighted by Gasteiger charge is -2.07. The molecule has 20 heavy (non-hydrogen) atoms. The van der Waals surface area contributed by atoms with Gasteiger partial charge in [0.2, 0.25) is 5.91 Å². The van der Waals surface area contributed by atoms with Gasteiger partial charge in [-0.2, -0.15) is 0 Å². The van der Waals surface area contributed by atoms with E-state index in [1.165, 1.54) is 25.7 Å². The predicted molar refractivity (Wildman–Crippen MR) is 79.5 cm³/mol. The van der Waals surface area contributed by atoms with E-state index < -0.39 is 0 Å². The molecule has 1 saturated carbocycles. The van der Waals surface area contributed by atoms with Crippen LogP contribution in [0.2, 0.25) is 0 Å². The zero-order valence-corrected chi connectivity index (χ0v) is 11.9. The third kappa shape index (κ3) is 4.62. The van der Waals surface area contributed by atoms with Gasteiger partial charge in [-0.05, 0) is 43.0 Å². The molecule has 3 nitrogen and oxygen atoms in total. The van der Waals surface area contributed by atoms with Crippen molar-refractivity contribution in [2.24, 2.45) is 5.92 Å². The van der Waals surface area contributed by atoms with Gasteiger partial charge in [-0.1, -0.05) is 24.7 Å². The standard InChI is InChI=1S/C17H21NO2/c1-20-16-10-8-14(9-11-16)7-4-12-18-17(19)13-15-5-2-3-6-15/h8-11,15H,2-3,5-6,12-13H2,1H3,(H,18,19). The van der Waals surface area contributed by atoms with E-state index in [9.17, 15) is 4.79 Å². The molecule has 0 aliphatic heterocycles. The van der Waals surface area contributed by atoms with E-state index >= 15 is 0 Å². The molecular formula is C17H21NO2. The topological polar surface area (TPSA) is 38.3 Å². The number of methoxy groups -OCH3 is 1. The summed E-state index contributed by atoms with van der Waals surface area (Å²) in [6.07, 6.45) is 5.60. The first-order chi connectivity index (χ1) is 9.78. The SMILES string of the molecule is COc1ccc(C#CCNC(=O)CC2CCCC2)cc1. The van der Waals surface area contributed by atoms with Crippen molar-refractivity contribution in [1.29, 1.82) is 0 Å². The molecule has 0 radical (unpaired) electrons. The number of amides is 1. The van der Waals surface area contributed by atoms with Crippen molar-refractivity contribution in [2.45, 2.75) is 32.1 Å². The first-order valence-corrected chi connectivity index (χ1v) is 7.17. The fraction of sp³-hybridized carbons (Fsp3) is 0.471. The number of carbonyl (C=O) groups excluding carboxylic acids is 1. The summed E-state index contributed by atoms with van der Waals surface area (Å²) in [5, 5.41) is 2.87. The fourth-order valence-electron chi connectivity index (χ4n) is 2.51. The van der Waals surface area contributed by atoms with Crippen molar-refractivity contribution in [3.8, 4) is 17.6 Å². The molecule has 2 rings (SSSR count). The van der Waals surface area contributed by atoms with Crippen LogP contribution in [0, 0.1) is 17.8 Å². The van der Waals surface area contributed by atoms with Crippen molar-refractivity contribution in [1.82, 2.24) is 5.32 Å². The summed E-state index contributed by atoms with van der Waals surface area (Å²) in [5.41, 5.74) is 0.927. The Morgan fingerprint density at radius 3 is 2.65 bits per heavy atom. The average Bonchev–Trinajstić information content (AvgIpc) is 2.97. The minimum absolute atomic E-state index is 0.126. The first kappa shape index (κ1) is 14.5. The van der Waals surface area contributed by atoms with E-state index in [1.54, 1.807) is 7.11 Å². The molecule has 0 spiro atoms. The van der Waals surface area contributed by atoms with Crippen molar-refractivity contribution >= 4 is 5.91 Å². The third-order valence-electron chi connectivity index (χ3n) is 3.65. The molecule has 0 heterocycles. The second-order valence-corrected chi connectivity index (χ2v) is 5.16. The third-order valence-corrected chi connectivity index (χ3v) is 3.65. The number of nitrogens with one attached hydrogen (secondary N) is 1. The molecule has 0 saturated heterocycles. The smallest absolute Gasteiger partial charge is 0.221 e. The highest BCUT2D eigenvalue weighted by Gasteiger charge is 2.17. The van der Waals surface area contributed by atoms with Crippen LogP contribution in [0.1, 0.15) is 37.7 Å². The van der Waals surface area contributed by atoms with Gasteiger partial charge in [-0.15, -0.1) is 0 Å². The molecule has 0 bridgehead atoms. The number of rotatable bonds is 4. The molecule has 1 aromatic carbocycles. The zero-order chi connectivity index (χ0) is 14.2. The van der Waals surface area contributed by atoms with Crippen LogP contribution in [0.5, 0.6) is 5.75 Å². The summed E-state index contributed by atoms with van der Waals surface area (Å²) in [4.78, 5) is 11.7. The number of hydrogen-bond acceptors (Lipinski definition) is 2. The van der Waals surface area contributed by atoms with Crippen LogP contribution >= 0.6 is 0 Å². The lowest BCUT2D eigenvalue weighted by atomic mass is 10.0. The van der Waals surface area contributed by atoms with Gasteiger partial charge in [0.05, 0.1) is 13.7 Å². The normalized spacial score (nSPS) is 14.4. The van der Waals surface area contributed by atoms with E-state index in [0.29, 0.717) is 18.9 Å². The summed E-state index contributed by atoms with van der Waals surface area (Å²) in [6, 6.07) is 7.57. The maximum atomic E-state index is 11.7. The molecule has 0 aromatic heterocycles. The van der Waals surface area contributed by atoms with Crippen molar-refractivity contribution in [2.75, 3.05) is 13.7 Å². The van der Waals surface area contributed by atoms with Gasteiger partial charge in [0.1, 0.15) is 5.75 Å². The van der Waals surface area contributed by atoms with Crippen molar-refractivity contribution in [3.63, 3.8) is 0 Å². The number of hydrogen-bond donors (Lipinski definition) is 1. The second kappa shape index (κ2) is 7.59. The second-order valence-electron chi connectivity index (χ2n) is 5.16. The summed E-state index contributed by atoms with van der Waals surface area (Å²) in [6.45, 7) is 0.414. The average molecular weight is 271 g/mol. The van der Waals surface area contributed by atoms with E-state index in [4.69, 9.17) is 4.74 Å². The largest absolute Gasteiger partial charge is 0.497 e. The van der Waals surface area contributed by atoms with Gasteiger partial charge >= 0.3 is 0 Å². The highest BCUT2D eigenvalue weighted by atomic mass is 16.5. The van der Waals surface area contributed by atoms with E-state index in [0.717, 1.165) is 11.3 Å². The molecule has 1 fully saturated rings. The van der Waals surface area contributed by atoms with Crippen LogP contribution in [0.4, 0.5) is 0 Å². The van der Waals surface area contributed by atoms with Gasteiger partial charge in [-0.3, -0.25) is 4.79 Å². The highest BCUT2D eigenvalue weighted by Crippen LogP contribution is 2.27. The fourth-order valence-corrected chi connectivity index (χ4v) is 2.51. The van der Waals surface area contributed by atoms with Crippen molar-refractivity contribution in [3.05, 3.63) is 29.8 Å². The van der Waals surface area contributed by atoms with E-state index in [1.807, 2.05) is 24.3 Å². The van der Waals surface area contributed by atoms with Gasteiger partial charge in [0.25, 0.3) is 0 Å². The summed E-state index contributed by atoms with van der Waals surface area (Å²) < 4.78 is 5.08. The predicted octanol–water partition coefficient (Wildman–Crippen LogP) is 2.74. The molecule has 0 atom stereocenters. The molecule has 106 valence electrons. The van der Waals surface area contributed by atoms with Gasteiger partial charge in [0, 0.05) is 12.0 Å². The molecule has 3 heteroatoms. The van der Waals surface area contributed by atoms with Crippen LogP contribution < -0.4 is 10.1 Å². The van der Waals surface area contributed by atoms with E-state index in [2.05, 4.69) is 17.2 Å². The number of carbonyl (C=O) groups is 1. The Balaban J connectivity index is 1.71. The van der Waals surface area contributed by atoms with Gasteiger partial charge < -0.3 is 10.1 Å². The molecule has 0 unspecified atom stereocenters. The van der Waals surface area contributed by atoms with Crippen LogP contribution in [-0.2, 0) is 4.79 Å². The number of ether oxygens (including phenoxy) is 1. The maximum absolute atomic E-state index is 11.7. The maximum Gasteiger partial charge on any atom is 0.221 e. The molecule has 1 aromatic rings. The Morgan fingerprint density at radius 2 is 2.00 bits per heavy atom. The monoisotopic (exact) mass is 271 g/mol. The molecule has 1 aliphatic rings. The minimum Gasteiger partial charge on any atom is -0.497 e. The van der Waals surface area contributed by atoms with Gasteiger partial charge in [0.15, 0.2) is 0 Å². The van der Waals surface area contributed by atoms with Crippen LogP contribution in [-0.4, -0.2) is 19.6 Å². The molecule has 1 aliphatic carbocycles. The Labute approximate surface area is 120 Å². The molecule has 1 N–H and O–H groups in total. The van der Waals surface area contributed by atoms with Crippen LogP contribution in [0.3, 0.4) is 0 Å². The quantitative estimate of drug-likeness (QED) is 0.855. The lowest BCUT2D eigenvalue weighted by Crippen LogP contribution is -2.25. The van der Waals surface area contributed by atoms with E-state index in [-0.39, 0.29) is 5.91 Å². The Kier molecular flexibility index (Phi) is 5.49. The highest BCUT2D eigenvalue weighted by molar-refractivity contribution is 5.76. The Morgan fingerprint density at radius 1 is 1.30 bits per heavy atom. The Bertz CT molecular complexity index is 490. The van der Waals surface area contributed by atoms with Gasteiger partial charge in [-0.25, -0.2) is 0 Å². The number of benzene rings is 1. The Hall–Kier alpha value is -1.95. The minimum atomic E-state index is 0.126. The van der Waals surface area contributed by atoms with Crippen LogP contribution in [0.25, 0.3) is 0 Å². The van der Waals surface area contributed by atoms with Crippen LogP contribution in [0.15, 0.2) is 24.3 Å². The zero-order valence-electron chi connectivity index (χ0n) is 11.9. The summed E-state index contributed by atoms with van der Waals surface area (Å²) in [5.74, 6) is 7.53. The molecule has 1 amide bonds. The summed E-state index contributed by atoms with van der Waals surface area (Å²) in [7, 11) is 1.64. The summed E-state index contributed by atoms with van der Waals surface area (Å²) >= 11 is 0. The lowest BCUT2D eigenvalue weighted by molar-refractivity contribution is -0.121. The van der Waals surface area contributed by atoms with Crippen molar-refractivity contribution < 1.29 is 9.53 Å². The first-order valence-electron chi connectivity index (χ1n) is 7.17. The molecular weight excluding hydrogens is 250 g/mol.